The molecule has 1 radical (unpaired) electrons. The van der Waals surface area contributed by atoms with Gasteiger partial charge in [-0.3, -0.25) is 0 Å². The molecule has 0 fully saturated rings. The van der Waals surface area contributed by atoms with Gasteiger partial charge in [-0.15, -0.1) is 0 Å². The van der Waals surface area contributed by atoms with Crippen LogP contribution in [0, 0.1) is 0 Å². The van der Waals surface area contributed by atoms with Gasteiger partial charge in [-0.25, -0.2) is 5.32 Å². The molecular formula is C3H5BrF2N. The molecule has 0 atom stereocenters. The molecule has 0 aromatic rings. The Bertz CT molecular complexity index is 51.4. The zero-order chi connectivity index (χ0) is 5.91. The van der Waals surface area contributed by atoms with Crippen molar-refractivity contribution in [2.24, 2.45) is 0 Å². The van der Waals surface area contributed by atoms with E-state index in [1.165, 1.54) is 7.05 Å². The molecule has 0 aliphatic carbocycles. The Hall–Kier alpha value is 0.300. The van der Waals surface area contributed by atoms with E-state index in [2.05, 4.69) is 21.2 Å². The summed E-state index contributed by atoms with van der Waals surface area (Å²) in [7, 11) is 1.34. The molecule has 0 aromatic carbocycles. The molecule has 4 heteroatoms. The number of nitrogens with zero attached hydrogens (tertiary/aromatic N) is 1. The highest BCUT2D eigenvalue weighted by Crippen LogP contribution is 2.19. The van der Waals surface area contributed by atoms with E-state index in [0.717, 1.165) is 0 Å². The highest BCUT2D eigenvalue weighted by molar-refractivity contribution is 9.10. The lowest BCUT2D eigenvalue weighted by atomic mass is 10.7. The second kappa shape index (κ2) is 2.57. The first-order valence-electron chi connectivity index (χ1n) is 1.68. The van der Waals surface area contributed by atoms with Crippen LogP contribution in [0.3, 0.4) is 0 Å². The largest absolute Gasteiger partial charge is 0.315 e. The molecule has 0 aromatic heterocycles. The molecule has 0 bridgehead atoms. The summed E-state index contributed by atoms with van der Waals surface area (Å²) in [5.74, 6) is 0. The second-order valence-electron chi connectivity index (χ2n) is 1.09. The van der Waals surface area contributed by atoms with Crippen LogP contribution in [0.5, 0.6) is 0 Å². The topological polar surface area (TPSA) is 14.1 Å². The Balaban J connectivity index is 3.15. The molecule has 0 amide bonds. The van der Waals surface area contributed by atoms with Crippen molar-refractivity contribution >= 4 is 15.9 Å². The molecule has 0 saturated heterocycles. The van der Waals surface area contributed by atoms with Crippen LogP contribution in [0.25, 0.3) is 0 Å². The lowest BCUT2D eigenvalue weighted by molar-refractivity contribution is 0.115. The Kier molecular flexibility index (Phi) is 2.68. The number of alkyl halides is 3. The number of rotatable bonds is 2. The molecule has 0 unspecified atom stereocenters. The van der Waals surface area contributed by atoms with Crippen molar-refractivity contribution in [2.45, 2.75) is 4.83 Å². The molecule has 0 heterocycles. The Labute approximate surface area is 49.2 Å². The first-order chi connectivity index (χ1) is 3.06. The van der Waals surface area contributed by atoms with E-state index >= 15 is 0 Å². The van der Waals surface area contributed by atoms with Crippen LogP contribution < -0.4 is 5.32 Å². The summed E-state index contributed by atoms with van der Waals surface area (Å²) in [6.45, 7) is -0.451. The normalized spacial score (nSPS) is 12.0. The van der Waals surface area contributed by atoms with E-state index in [1.54, 1.807) is 0 Å². The first-order valence-corrected chi connectivity index (χ1v) is 2.48. The van der Waals surface area contributed by atoms with Crippen LogP contribution in [0.15, 0.2) is 0 Å². The van der Waals surface area contributed by atoms with Gasteiger partial charge in [0, 0.05) is 7.05 Å². The van der Waals surface area contributed by atoms with Gasteiger partial charge < -0.3 is 0 Å². The van der Waals surface area contributed by atoms with Crippen LogP contribution in [-0.4, -0.2) is 18.4 Å². The predicted molar refractivity (Wildman–Crippen MR) is 26.8 cm³/mol. The summed E-state index contributed by atoms with van der Waals surface area (Å²) in [5.41, 5.74) is 0. The van der Waals surface area contributed by atoms with Crippen LogP contribution in [0.4, 0.5) is 8.78 Å². The third kappa shape index (κ3) is 6.30. The minimum atomic E-state index is -2.80. The molecule has 0 saturated carbocycles. The molecule has 7 heavy (non-hydrogen) atoms. The van der Waals surface area contributed by atoms with Crippen molar-refractivity contribution in [3.63, 3.8) is 0 Å². The van der Waals surface area contributed by atoms with Crippen molar-refractivity contribution in [3.8, 4) is 0 Å². The van der Waals surface area contributed by atoms with Gasteiger partial charge in [-0.1, -0.05) is 0 Å². The molecule has 0 spiro atoms. The third-order valence-electron chi connectivity index (χ3n) is 0.337. The summed E-state index contributed by atoms with van der Waals surface area (Å²) in [6.07, 6.45) is 0. The zero-order valence-electron chi connectivity index (χ0n) is 3.79. The minimum Gasteiger partial charge on any atom is -0.238 e. The average molecular weight is 173 g/mol. The van der Waals surface area contributed by atoms with Crippen molar-refractivity contribution in [1.82, 2.24) is 5.32 Å². The monoisotopic (exact) mass is 172 g/mol. The van der Waals surface area contributed by atoms with Crippen molar-refractivity contribution in [2.75, 3.05) is 13.6 Å². The van der Waals surface area contributed by atoms with Gasteiger partial charge in [0.05, 0.1) is 6.54 Å². The fraction of sp³-hybridized carbons (Fsp3) is 1.00. The van der Waals surface area contributed by atoms with E-state index in [1.807, 2.05) is 0 Å². The first kappa shape index (κ1) is 7.30. The smallest absolute Gasteiger partial charge is 0.238 e. The Morgan fingerprint density at radius 2 is 2.14 bits per heavy atom. The van der Waals surface area contributed by atoms with Crippen LogP contribution in [0.2, 0.25) is 0 Å². The van der Waals surface area contributed by atoms with E-state index in [0.29, 0.717) is 0 Å². The molecule has 0 aliphatic rings. The maximum atomic E-state index is 11.5. The molecule has 0 aliphatic heterocycles. The van der Waals surface area contributed by atoms with Gasteiger partial charge >= 0.3 is 4.83 Å². The van der Waals surface area contributed by atoms with Crippen LogP contribution >= 0.6 is 15.9 Å². The summed E-state index contributed by atoms with van der Waals surface area (Å²) in [5, 5.41) is 3.21. The molecular weight excluding hydrogens is 168 g/mol. The Morgan fingerprint density at radius 1 is 1.71 bits per heavy atom. The SMILES string of the molecule is C[N]CC(F)(F)Br. The lowest BCUT2D eigenvalue weighted by Crippen LogP contribution is -2.18. The maximum absolute atomic E-state index is 11.5. The quantitative estimate of drug-likeness (QED) is 0.557. The number of hydrogen-bond donors (Lipinski definition) is 0. The van der Waals surface area contributed by atoms with Crippen LogP contribution in [0.1, 0.15) is 0 Å². The summed E-state index contributed by atoms with van der Waals surface area (Å²) >= 11 is 2.11. The standard InChI is InChI=1S/C3H5BrF2N/c1-7-2-3(4,5)6/h2H2,1H3. The van der Waals surface area contributed by atoms with Crippen molar-refractivity contribution in [1.29, 1.82) is 0 Å². The van der Waals surface area contributed by atoms with E-state index in [9.17, 15) is 8.78 Å². The summed E-state index contributed by atoms with van der Waals surface area (Å²) < 4.78 is 23.1. The van der Waals surface area contributed by atoms with E-state index in [-0.39, 0.29) is 0 Å². The van der Waals surface area contributed by atoms with Gasteiger partial charge in [-0.2, -0.15) is 8.78 Å². The van der Waals surface area contributed by atoms with Gasteiger partial charge in [0.1, 0.15) is 0 Å². The predicted octanol–water partition coefficient (Wildman–Crippen LogP) is 1.21. The third-order valence-corrected chi connectivity index (χ3v) is 0.588. The van der Waals surface area contributed by atoms with Crippen molar-refractivity contribution in [3.05, 3.63) is 0 Å². The minimum absolute atomic E-state index is 0.451. The fourth-order valence-corrected chi connectivity index (χ4v) is 0.430. The molecule has 0 N–H and O–H groups in total. The molecule has 43 valence electrons. The molecule has 0 rings (SSSR count). The van der Waals surface area contributed by atoms with Crippen molar-refractivity contribution < 1.29 is 8.78 Å². The van der Waals surface area contributed by atoms with Gasteiger partial charge in [0.2, 0.25) is 0 Å². The average Bonchev–Trinajstić information content (AvgIpc) is 1.30. The van der Waals surface area contributed by atoms with Gasteiger partial charge in [0.25, 0.3) is 0 Å². The van der Waals surface area contributed by atoms with Crippen LogP contribution in [-0.2, 0) is 0 Å². The fourth-order valence-electron chi connectivity index (χ4n) is 0.179. The lowest BCUT2D eigenvalue weighted by Gasteiger charge is -2.02. The highest BCUT2D eigenvalue weighted by Gasteiger charge is 2.21. The second-order valence-corrected chi connectivity index (χ2v) is 2.25. The summed E-state index contributed by atoms with van der Waals surface area (Å²) in [4.78, 5) is -2.80. The highest BCUT2D eigenvalue weighted by atomic mass is 79.9. The van der Waals surface area contributed by atoms with E-state index < -0.39 is 11.4 Å². The summed E-state index contributed by atoms with van der Waals surface area (Å²) in [6, 6.07) is 0. The molecule has 1 nitrogen and oxygen atoms in total. The maximum Gasteiger partial charge on any atom is 0.315 e. The Morgan fingerprint density at radius 3 is 2.14 bits per heavy atom. The van der Waals surface area contributed by atoms with Gasteiger partial charge in [0.15, 0.2) is 0 Å². The van der Waals surface area contributed by atoms with Gasteiger partial charge in [-0.05, 0) is 15.9 Å². The number of halogens is 3. The number of hydrogen-bond acceptors (Lipinski definition) is 0. The van der Waals surface area contributed by atoms with E-state index in [4.69, 9.17) is 0 Å². The zero-order valence-corrected chi connectivity index (χ0v) is 5.37.